The van der Waals surface area contributed by atoms with Gasteiger partial charge in [0.1, 0.15) is 0 Å². The van der Waals surface area contributed by atoms with Crippen molar-refractivity contribution < 1.29 is 0 Å². The van der Waals surface area contributed by atoms with E-state index in [1.54, 1.807) is 0 Å². The molecule has 0 aromatic heterocycles. The molecule has 0 bridgehead atoms. The summed E-state index contributed by atoms with van der Waals surface area (Å²) in [5.74, 6) is 0. The zero-order chi connectivity index (χ0) is 12.0. The Hall–Kier alpha value is 0.719. The van der Waals surface area contributed by atoms with Crippen LogP contribution in [-0.2, 0) is 0 Å². The molecule has 15 heavy (non-hydrogen) atoms. The van der Waals surface area contributed by atoms with E-state index in [-0.39, 0.29) is 0 Å². The van der Waals surface area contributed by atoms with E-state index in [2.05, 4.69) is 61.6 Å². The molecule has 0 N–H and O–H groups in total. The van der Waals surface area contributed by atoms with Crippen LogP contribution in [0.25, 0.3) is 0 Å². The summed E-state index contributed by atoms with van der Waals surface area (Å²) in [4.78, 5) is 0. The van der Waals surface area contributed by atoms with Gasteiger partial charge in [-0.3, -0.25) is 0 Å². The van der Waals surface area contributed by atoms with E-state index in [1.165, 1.54) is 0 Å². The van der Waals surface area contributed by atoms with Gasteiger partial charge in [0.15, 0.2) is 0 Å². The van der Waals surface area contributed by atoms with E-state index < -0.39 is 21.7 Å². The van der Waals surface area contributed by atoms with Gasteiger partial charge in [-0.1, -0.05) is 0 Å². The average molecular weight is 317 g/mol. The van der Waals surface area contributed by atoms with Crippen LogP contribution in [0.5, 0.6) is 0 Å². The molecule has 1 aliphatic rings. The molecule has 1 rings (SSSR count). The van der Waals surface area contributed by atoms with Gasteiger partial charge in [-0.15, -0.1) is 0 Å². The van der Waals surface area contributed by atoms with Crippen molar-refractivity contribution in [1.29, 1.82) is 0 Å². The topological polar surface area (TPSA) is 6.48 Å². The first-order valence-corrected chi connectivity index (χ1v) is 8.45. The molecule has 0 amide bonds. The van der Waals surface area contributed by atoms with Gasteiger partial charge in [0.2, 0.25) is 0 Å². The molecule has 0 spiro atoms. The molecule has 3 heteroatoms. The fourth-order valence-electron chi connectivity index (χ4n) is 2.25. The maximum atomic E-state index is 2.77. The van der Waals surface area contributed by atoms with Gasteiger partial charge >= 0.3 is 106 Å². The van der Waals surface area contributed by atoms with Crippen molar-refractivity contribution in [2.75, 3.05) is 0 Å². The third-order valence-corrected chi connectivity index (χ3v) is 10.6. The molecule has 0 unspecified atom stereocenters. The summed E-state index contributed by atoms with van der Waals surface area (Å²) < 4.78 is 5.54. The predicted molar refractivity (Wildman–Crippen MR) is 67.9 cm³/mol. The van der Waals surface area contributed by atoms with Crippen LogP contribution in [0.15, 0.2) is 0 Å². The summed E-state index contributed by atoms with van der Waals surface area (Å²) in [7, 11) is 0. The second kappa shape index (κ2) is 4.19. The molecule has 2 radical (unpaired) electrons. The molecule has 2 atom stereocenters. The Morgan fingerprint density at radius 2 is 1.00 bits per heavy atom. The molecule has 1 aliphatic heterocycles. The van der Waals surface area contributed by atoms with Gasteiger partial charge in [-0.2, -0.15) is 0 Å². The van der Waals surface area contributed by atoms with Gasteiger partial charge < -0.3 is 0 Å². The Balaban J connectivity index is 2.86. The fourth-order valence-corrected chi connectivity index (χ4v) is 6.90. The molecule has 0 aromatic rings. The van der Waals surface area contributed by atoms with Crippen molar-refractivity contribution in [3.8, 4) is 0 Å². The van der Waals surface area contributed by atoms with E-state index in [0.29, 0.717) is 11.1 Å². The minimum absolute atomic E-state index is 0.347. The summed E-state index contributed by atoms with van der Waals surface area (Å²) in [6.07, 6.45) is 0. The quantitative estimate of drug-likeness (QED) is 0.634. The van der Waals surface area contributed by atoms with E-state index in [9.17, 15) is 0 Å². The zero-order valence-electron chi connectivity index (χ0n) is 11.5. The van der Waals surface area contributed by atoms with Crippen molar-refractivity contribution in [1.82, 2.24) is 6.24 Å². The van der Waals surface area contributed by atoms with Crippen molar-refractivity contribution in [2.45, 2.75) is 78.6 Å². The molecule has 0 aliphatic carbocycles. The molecule has 88 valence electrons. The summed E-state index contributed by atoms with van der Waals surface area (Å²) in [6, 6.07) is 1.44. The van der Waals surface area contributed by atoms with Crippen LogP contribution in [0, 0.1) is 0 Å². The van der Waals surface area contributed by atoms with E-state index in [1.807, 2.05) is 0 Å². The molecule has 1 saturated heterocycles. The van der Waals surface area contributed by atoms with Crippen molar-refractivity contribution >= 4 is 21.7 Å². The first kappa shape index (κ1) is 13.8. The normalized spacial score (nSPS) is 31.2. The van der Waals surface area contributed by atoms with Crippen molar-refractivity contribution in [3.05, 3.63) is 0 Å². The van der Waals surface area contributed by atoms with Crippen LogP contribution >= 0.6 is 0 Å². The Bertz CT molecular complexity index is 203. The zero-order valence-corrected chi connectivity index (χ0v) is 14.4. The SMILES string of the molecule is C[C@H]1[C@H](C)[N](C(C)(C)C)[Sn][N]1C(C)(C)C. The van der Waals surface area contributed by atoms with Gasteiger partial charge in [-0.25, -0.2) is 0 Å². The second-order valence-electron chi connectivity index (χ2n) is 6.66. The number of hydrogen-bond donors (Lipinski definition) is 0. The molecule has 0 aromatic carbocycles. The van der Waals surface area contributed by atoms with E-state index in [0.717, 1.165) is 12.1 Å². The predicted octanol–water partition coefficient (Wildman–Crippen LogP) is 2.51. The minimum atomic E-state index is -0.570. The summed E-state index contributed by atoms with van der Waals surface area (Å²) in [5, 5.41) is 0. The van der Waals surface area contributed by atoms with Gasteiger partial charge in [0.05, 0.1) is 0 Å². The molecule has 1 heterocycles. The molecular formula is C12H26N2Sn. The summed E-state index contributed by atoms with van der Waals surface area (Å²) in [6.45, 7) is 18.9. The van der Waals surface area contributed by atoms with Gasteiger partial charge in [-0.05, 0) is 0 Å². The van der Waals surface area contributed by atoms with E-state index >= 15 is 0 Å². The Morgan fingerprint density at radius 3 is 1.13 bits per heavy atom. The Morgan fingerprint density at radius 1 is 0.733 bits per heavy atom. The van der Waals surface area contributed by atoms with Gasteiger partial charge in [0.25, 0.3) is 0 Å². The first-order chi connectivity index (χ1) is 6.55. The van der Waals surface area contributed by atoms with Crippen LogP contribution in [0.2, 0.25) is 0 Å². The van der Waals surface area contributed by atoms with Crippen LogP contribution in [0.1, 0.15) is 55.4 Å². The van der Waals surface area contributed by atoms with Crippen LogP contribution in [0.3, 0.4) is 0 Å². The second-order valence-corrected chi connectivity index (χ2v) is 9.98. The van der Waals surface area contributed by atoms with Gasteiger partial charge in [0, 0.05) is 0 Å². The number of rotatable bonds is 0. The fraction of sp³-hybridized carbons (Fsp3) is 1.00. The monoisotopic (exact) mass is 318 g/mol. The van der Waals surface area contributed by atoms with Crippen molar-refractivity contribution in [3.63, 3.8) is 0 Å². The van der Waals surface area contributed by atoms with Crippen LogP contribution < -0.4 is 0 Å². The Kier molecular flexibility index (Phi) is 3.85. The van der Waals surface area contributed by atoms with Crippen molar-refractivity contribution in [2.24, 2.45) is 0 Å². The molecule has 1 fully saturated rings. The van der Waals surface area contributed by atoms with E-state index in [4.69, 9.17) is 0 Å². The maximum absolute atomic E-state index is 2.77. The molecule has 2 nitrogen and oxygen atoms in total. The van der Waals surface area contributed by atoms with Crippen LogP contribution in [0.4, 0.5) is 0 Å². The summed E-state index contributed by atoms with van der Waals surface area (Å²) >= 11 is -0.570. The number of nitrogens with zero attached hydrogens (tertiary/aromatic N) is 2. The number of hydrogen-bond acceptors (Lipinski definition) is 2. The standard InChI is InChI=1S/C12H26N2.Sn/c1-9(13-11(3,4)5)10(2)14-12(6,7)8;/h9-10H,1-8H3;/q-2;+2/t9-,10-;/m0./s1. The third kappa shape index (κ3) is 2.89. The molecular weight excluding hydrogens is 291 g/mol. The first-order valence-electron chi connectivity index (χ1n) is 5.90. The van der Waals surface area contributed by atoms with Crippen LogP contribution in [-0.4, -0.2) is 51.1 Å². The average Bonchev–Trinajstić information content (AvgIpc) is 2.26. The Labute approximate surface area is 106 Å². The third-order valence-electron chi connectivity index (χ3n) is 3.17. The molecule has 0 saturated carbocycles. The summed E-state index contributed by atoms with van der Waals surface area (Å²) in [5.41, 5.74) is 0.694.